The molecule has 0 radical (unpaired) electrons. The van der Waals surface area contributed by atoms with Crippen molar-refractivity contribution in [2.75, 3.05) is 18.8 Å². The Morgan fingerprint density at radius 3 is 2.50 bits per heavy atom. The van der Waals surface area contributed by atoms with Crippen molar-refractivity contribution in [1.82, 2.24) is 4.90 Å². The van der Waals surface area contributed by atoms with E-state index < -0.39 is 5.97 Å². The summed E-state index contributed by atoms with van der Waals surface area (Å²) in [6.45, 7) is 2.74. The highest BCUT2D eigenvalue weighted by Crippen LogP contribution is 2.18. The van der Waals surface area contributed by atoms with Crippen molar-refractivity contribution in [2.24, 2.45) is 0 Å². The normalized spacial score (nSPS) is 10.2. The lowest BCUT2D eigenvalue weighted by atomic mass is 10.3. The summed E-state index contributed by atoms with van der Waals surface area (Å²) in [6.07, 6.45) is 1.30. The Bertz CT molecular complexity index is 422. The van der Waals surface area contributed by atoms with Gasteiger partial charge in [0.05, 0.1) is 6.42 Å². The molecule has 1 rings (SSSR count). The molecular formula is C15H21NO3S. The zero-order valence-electron chi connectivity index (χ0n) is 11.7. The summed E-state index contributed by atoms with van der Waals surface area (Å²) >= 11 is 1.74. The maximum atomic E-state index is 11.9. The highest BCUT2D eigenvalue weighted by Gasteiger charge is 2.12. The fourth-order valence-electron chi connectivity index (χ4n) is 1.78. The summed E-state index contributed by atoms with van der Waals surface area (Å²) in [5.41, 5.74) is 0. The van der Waals surface area contributed by atoms with E-state index in [4.69, 9.17) is 5.11 Å². The minimum atomic E-state index is -0.865. The van der Waals surface area contributed by atoms with Gasteiger partial charge in [-0.3, -0.25) is 9.59 Å². The molecule has 0 fully saturated rings. The molecule has 0 spiro atoms. The van der Waals surface area contributed by atoms with Crippen LogP contribution in [0.25, 0.3) is 0 Å². The first-order valence-corrected chi connectivity index (χ1v) is 7.79. The molecule has 0 heterocycles. The number of carbonyl (C=O) groups is 2. The largest absolute Gasteiger partial charge is 0.481 e. The second-order valence-electron chi connectivity index (χ2n) is 4.38. The molecule has 20 heavy (non-hydrogen) atoms. The Labute approximate surface area is 124 Å². The second-order valence-corrected chi connectivity index (χ2v) is 5.55. The fourth-order valence-corrected chi connectivity index (χ4v) is 2.65. The number of rotatable bonds is 9. The molecule has 0 saturated carbocycles. The van der Waals surface area contributed by atoms with Crippen LogP contribution in [0.1, 0.15) is 26.2 Å². The van der Waals surface area contributed by atoms with Crippen molar-refractivity contribution in [3.8, 4) is 0 Å². The highest BCUT2D eigenvalue weighted by atomic mass is 32.2. The first-order chi connectivity index (χ1) is 9.63. The van der Waals surface area contributed by atoms with Gasteiger partial charge in [0.2, 0.25) is 5.91 Å². The van der Waals surface area contributed by atoms with Gasteiger partial charge in [0, 0.05) is 24.4 Å². The number of benzene rings is 1. The lowest BCUT2D eigenvalue weighted by molar-refractivity contribution is -0.138. The minimum Gasteiger partial charge on any atom is -0.481 e. The van der Waals surface area contributed by atoms with Crippen LogP contribution in [-0.2, 0) is 9.59 Å². The summed E-state index contributed by atoms with van der Waals surface area (Å²) in [5, 5.41) is 8.64. The number of hydrogen-bond acceptors (Lipinski definition) is 3. The Morgan fingerprint density at radius 1 is 1.20 bits per heavy atom. The number of thioether (sulfide) groups is 1. The van der Waals surface area contributed by atoms with Crippen molar-refractivity contribution in [1.29, 1.82) is 0 Å². The summed E-state index contributed by atoms with van der Waals surface area (Å²) in [4.78, 5) is 25.3. The van der Waals surface area contributed by atoms with E-state index in [2.05, 4.69) is 12.1 Å². The smallest absolute Gasteiger partial charge is 0.305 e. The molecule has 5 heteroatoms. The van der Waals surface area contributed by atoms with E-state index in [1.807, 2.05) is 25.1 Å². The van der Waals surface area contributed by atoms with Crippen LogP contribution in [0.3, 0.4) is 0 Å². The minimum absolute atomic E-state index is 0.0122. The van der Waals surface area contributed by atoms with Gasteiger partial charge in [0.1, 0.15) is 0 Å². The summed E-state index contributed by atoms with van der Waals surface area (Å²) in [6, 6.07) is 10.1. The lowest BCUT2D eigenvalue weighted by Gasteiger charge is -2.19. The molecule has 0 aliphatic heterocycles. The predicted octanol–water partition coefficient (Wildman–Crippen LogP) is 2.88. The summed E-state index contributed by atoms with van der Waals surface area (Å²) in [7, 11) is 0. The van der Waals surface area contributed by atoms with Crippen molar-refractivity contribution in [3.05, 3.63) is 30.3 Å². The quantitative estimate of drug-likeness (QED) is 0.562. The van der Waals surface area contributed by atoms with Gasteiger partial charge in [-0.05, 0) is 31.2 Å². The number of amides is 1. The molecular weight excluding hydrogens is 274 g/mol. The number of hydrogen-bond donors (Lipinski definition) is 1. The average molecular weight is 295 g/mol. The van der Waals surface area contributed by atoms with Crippen molar-refractivity contribution in [3.63, 3.8) is 0 Å². The molecule has 0 atom stereocenters. The van der Waals surface area contributed by atoms with Gasteiger partial charge >= 0.3 is 5.97 Å². The lowest BCUT2D eigenvalue weighted by Crippen LogP contribution is -2.32. The molecule has 1 N–H and O–H groups in total. The third kappa shape index (κ3) is 6.61. The first-order valence-electron chi connectivity index (χ1n) is 6.81. The van der Waals surface area contributed by atoms with Crippen LogP contribution in [-0.4, -0.2) is 40.7 Å². The molecule has 0 aliphatic carbocycles. The molecule has 0 aliphatic rings. The van der Waals surface area contributed by atoms with Crippen LogP contribution in [0, 0.1) is 0 Å². The third-order valence-electron chi connectivity index (χ3n) is 2.88. The SMILES string of the molecule is CCN(CCC(=O)O)C(=O)CCCSc1ccccc1. The molecule has 1 amide bonds. The number of carboxylic acids is 1. The van der Waals surface area contributed by atoms with Gasteiger partial charge in [-0.1, -0.05) is 18.2 Å². The molecule has 0 bridgehead atoms. The van der Waals surface area contributed by atoms with Crippen molar-refractivity contribution < 1.29 is 14.7 Å². The summed E-state index contributed by atoms with van der Waals surface area (Å²) < 4.78 is 0. The molecule has 1 aromatic carbocycles. The van der Waals surface area contributed by atoms with E-state index in [1.165, 1.54) is 4.90 Å². The third-order valence-corrected chi connectivity index (χ3v) is 3.98. The fraction of sp³-hybridized carbons (Fsp3) is 0.467. The monoisotopic (exact) mass is 295 g/mol. The van der Waals surface area contributed by atoms with Crippen LogP contribution in [0.4, 0.5) is 0 Å². The van der Waals surface area contributed by atoms with Crippen LogP contribution in [0.5, 0.6) is 0 Å². The average Bonchev–Trinajstić information content (AvgIpc) is 2.45. The number of carbonyl (C=O) groups excluding carboxylic acids is 1. The van der Waals surface area contributed by atoms with Crippen molar-refractivity contribution in [2.45, 2.75) is 31.1 Å². The second kappa shape index (κ2) is 9.42. The predicted molar refractivity (Wildman–Crippen MR) is 80.9 cm³/mol. The Hall–Kier alpha value is -1.49. The van der Waals surface area contributed by atoms with Gasteiger partial charge in [-0.2, -0.15) is 0 Å². The maximum Gasteiger partial charge on any atom is 0.305 e. The van der Waals surface area contributed by atoms with E-state index in [1.54, 1.807) is 16.7 Å². The molecule has 0 unspecified atom stereocenters. The zero-order chi connectivity index (χ0) is 14.8. The van der Waals surface area contributed by atoms with Gasteiger partial charge in [-0.15, -0.1) is 11.8 Å². The highest BCUT2D eigenvalue weighted by molar-refractivity contribution is 7.99. The number of nitrogens with zero attached hydrogens (tertiary/aromatic N) is 1. The first kappa shape index (κ1) is 16.6. The van der Waals surface area contributed by atoms with Crippen LogP contribution >= 0.6 is 11.8 Å². The van der Waals surface area contributed by atoms with Gasteiger partial charge in [0.25, 0.3) is 0 Å². The van der Waals surface area contributed by atoms with E-state index in [0.29, 0.717) is 19.5 Å². The van der Waals surface area contributed by atoms with E-state index in [-0.39, 0.29) is 12.3 Å². The number of aliphatic carboxylic acids is 1. The molecule has 0 saturated heterocycles. The number of carboxylic acid groups (broad SMARTS) is 1. The van der Waals surface area contributed by atoms with Crippen LogP contribution < -0.4 is 0 Å². The molecule has 110 valence electrons. The van der Waals surface area contributed by atoms with Crippen molar-refractivity contribution >= 4 is 23.6 Å². The maximum absolute atomic E-state index is 11.9. The Kier molecular flexibility index (Phi) is 7.80. The zero-order valence-corrected chi connectivity index (χ0v) is 12.6. The van der Waals surface area contributed by atoms with Gasteiger partial charge < -0.3 is 10.0 Å². The molecule has 0 aromatic heterocycles. The molecule has 1 aromatic rings. The van der Waals surface area contributed by atoms with Gasteiger partial charge in [-0.25, -0.2) is 0 Å². The van der Waals surface area contributed by atoms with Crippen LogP contribution in [0.15, 0.2) is 35.2 Å². The van der Waals surface area contributed by atoms with E-state index >= 15 is 0 Å². The Morgan fingerprint density at radius 2 is 1.90 bits per heavy atom. The topological polar surface area (TPSA) is 57.6 Å². The molecule has 4 nitrogen and oxygen atoms in total. The van der Waals surface area contributed by atoms with E-state index in [9.17, 15) is 9.59 Å². The van der Waals surface area contributed by atoms with Gasteiger partial charge in [0.15, 0.2) is 0 Å². The Balaban J connectivity index is 2.22. The van der Waals surface area contributed by atoms with E-state index in [0.717, 1.165) is 12.2 Å². The summed E-state index contributed by atoms with van der Waals surface area (Å²) in [5.74, 6) is 0.0741. The van der Waals surface area contributed by atoms with Crippen LogP contribution in [0.2, 0.25) is 0 Å². The standard InChI is InChI=1S/C15H21NO3S/c1-2-16(11-10-15(18)19)14(17)9-6-12-20-13-7-4-3-5-8-13/h3-5,7-8H,2,6,9-12H2,1H3,(H,18,19).